The van der Waals surface area contributed by atoms with E-state index in [4.69, 9.17) is 0 Å². The zero-order valence-electron chi connectivity index (χ0n) is 18.4. The van der Waals surface area contributed by atoms with Crippen molar-refractivity contribution in [2.24, 2.45) is 0 Å². The Balaban J connectivity index is 1.55. The number of nitrogens with zero attached hydrogens (tertiary/aromatic N) is 1. The summed E-state index contributed by atoms with van der Waals surface area (Å²) in [6.45, 7) is 3.31. The number of sulfonamides is 1. The van der Waals surface area contributed by atoms with E-state index in [0.717, 1.165) is 11.3 Å². The molecule has 0 spiro atoms. The van der Waals surface area contributed by atoms with Gasteiger partial charge in [0.2, 0.25) is 10.0 Å². The average Bonchev–Trinajstić information content (AvgIpc) is 2.98. The van der Waals surface area contributed by atoms with E-state index in [1.807, 2.05) is 6.92 Å². The average molecular weight is 477 g/mol. The summed E-state index contributed by atoms with van der Waals surface area (Å²) in [5, 5.41) is 10.0. The predicted molar refractivity (Wildman–Crippen MR) is 121 cm³/mol. The Morgan fingerprint density at radius 3 is 2.42 bits per heavy atom. The van der Waals surface area contributed by atoms with Crippen LogP contribution in [0.5, 0.6) is 0 Å². The molecule has 176 valence electrons. The Hall–Kier alpha value is -2.78. The highest BCUT2D eigenvalue weighted by Gasteiger charge is 2.30. The Labute approximate surface area is 191 Å². The van der Waals surface area contributed by atoms with Crippen LogP contribution in [0.1, 0.15) is 48.4 Å². The second-order valence-corrected chi connectivity index (χ2v) is 10.4. The van der Waals surface area contributed by atoms with Gasteiger partial charge in [0, 0.05) is 22.6 Å². The Morgan fingerprint density at radius 2 is 1.79 bits per heavy atom. The van der Waals surface area contributed by atoms with E-state index in [2.05, 4.69) is 4.72 Å². The van der Waals surface area contributed by atoms with Crippen LogP contribution in [0.3, 0.4) is 0 Å². The summed E-state index contributed by atoms with van der Waals surface area (Å²) in [4.78, 5) is 11.0. The van der Waals surface area contributed by atoms with Crippen LogP contribution in [-0.4, -0.2) is 30.1 Å². The van der Waals surface area contributed by atoms with Crippen LogP contribution in [-0.2, 0) is 21.4 Å². The fourth-order valence-corrected chi connectivity index (χ4v) is 6.31. The number of rotatable bonds is 6. The molecule has 1 aliphatic rings. The van der Waals surface area contributed by atoms with Gasteiger partial charge in [-0.1, -0.05) is 6.07 Å². The number of carbonyl (C=O) groups is 1. The van der Waals surface area contributed by atoms with E-state index >= 15 is 0 Å². The number of carboxylic acid groups (broad SMARTS) is 1. The third-order valence-electron chi connectivity index (χ3n) is 6.46. The van der Waals surface area contributed by atoms with Crippen LogP contribution in [0.25, 0.3) is 10.9 Å². The van der Waals surface area contributed by atoms with E-state index in [-0.39, 0.29) is 23.4 Å². The molecule has 0 radical (unpaired) electrons. The van der Waals surface area contributed by atoms with E-state index in [0.29, 0.717) is 42.1 Å². The molecule has 6 nitrogen and oxygen atoms in total. The highest BCUT2D eigenvalue weighted by Crippen LogP contribution is 2.40. The highest BCUT2D eigenvalue weighted by atomic mass is 32.2. The van der Waals surface area contributed by atoms with Gasteiger partial charge in [0.05, 0.1) is 0 Å². The van der Waals surface area contributed by atoms with Crippen molar-refractivity contribution in [3.05, 3.63) is 64.9 Å². The summed E-state index contributed by atoms with van der Waals surface area (Å²) in [7, 11) is -3.99. The van der Waals surface area contributed by atoms with Crippen molar-refractivity contribution in [1.29, 1.82) is 0 Å². The lowest BCUT2D eigenvalue weighted by Crippen LogP contribution is -2.37. The van der Waals surface area contributed by atoms with E-state index < -0.39 is 27.6 Å². The highest BCUT2D eigenvalue weighted by molar-refractivity contribution is 7.89. The van der Waals surface area contributed by atoms with Crippen molar-refractivity contribution >= 4 is 26.9 Å². The van der Waals surface area contributed by atoms with E-state index in [9.17, 15) is 27.1 Å². The first-order valence-electron chi connectivity index (χ1n) is 10.9. The van der Waals surface area contributed by atoms with E-state index in [1.54, 1.807) is 23.6 Å². The summed E-state index contributed by atoms with van der Waals surface area (Å²) in [5.41, 5.74) is 3.00. The molecule has 0 atom stereocenters. The summed E-state index contributed by atoms with van der Waals surface area (Å²) < 4.78 is 57.9. The van der Waals surface area contributed by atoms with E-state index in [1.165, 1.54) is 24.3 Å². The van der Waals surface area contributed by atoms with Crippen LogP contribution in [0.15, 0.2) is 41.3 Å². The quantitative estimate of drug-likeness (QED) is 0.543. The summed E-state index contributed by atoms with van der Waals surface area (Å²) in [6.07, 6.45) is 2.37. The molecule has 9 heteroatoms. The van der Waals surface area contributed by atoms with Gasteiger partial charge in [0.15, 0.2) is 0 Å². The third-order valence-corrected chi connectivity index (χ3v) is 8.02. The number of fused-ring (bicyclic) bond motifs is 1. The van der Waals surface area contributed by atoms with Gasteiger partial charge in [-0.3, -0.25) is 4.79 Å². The lowest BCUT2D eigenvalue weighted by molar-refractivity contribution is -0.137. The molecule has 1 fully saturated rings. The predicted octanol–water partition coefficient (Wildman–Crippen LogP) is 4.63. The third kappa shape index (κ3) is 4.65. The zero-order valence-corrected chi connectivity index (χ0v) is 19.3. The van der Waals surface area contributed by atoms with Crippen LogP contribution >= 0.6 is 0 Å². The number of aliphatic carboxylic acids is 1. The van der Waals surface area contributed by atoms with Crippen LogP contribution in [0.4, 0.5) is 8.78 Å². The molecular weight excluding hydrogens is 450 g/mol. The molecule has 1 heterocycles. The first kappa shape index (κ1) is 23.4. The Morgan fingerprint density at radius 1 is 1.09 bits per heavy atom. The second-order valence-electron chi connectivity index (χ2n) is 8.74. The molecule has 0 unspecified atom stereocenters. The standard InChI is InChI=1S/C24H26F2N2O4S/c1-14-3-10-22(20(26)11-14)33(31,32)27-18-7-4-16(5-8-18)24-15(2)28(13-23(29)30)21-9-6-17(25)12-19(21)24/h3,6,9-12,16,18,27H,4-5,7-8,13H2,1-2H3,(H,29,30). The lowest BCUT2D eigenvalue weighted by Gasteiger charge is -2.29. The number of aromatic nitrogens is 1. The minimum atomic E-state index is -3.99. The number of nitrogens with one attached hydrogen (secondary N) is 1. The minimum absolute atomic E-state index is 0.0428. The fraction of sp³-hybridized carbons (Fsp3) is 0.375. The van der Waals surface area contributed by atoms with Crippen molar-refractivity contribution < 1.29 is 27.1 Å². The number of hydrogen-bond acceptors (Lipinski definition) is 3. The Bertz CT molecular complexity index is 1330. The smallest absolute Gasteiger partial charge is 0.323 e. The molecule has 0 bridgehead atoms. The minimum Gasteiger partial charge on any atom is -0.480 e. The van der Waals surface area contributed by atoms with Crippen molar-refractivity contribution in [2.75, 3.05) is 0 Å². The molecule has 4 rings (SSSR count). The molecule has 2 aromatic carbocycles. The molecule has 33 heavy (non-hydrogen) atoms. The van der Waals surface area contributed by atoms with Crippen molar-refractivity contribution in [2.45, 2.75) is 62.9 Å². The normalized spacial score (nSPS) is 19.2. The van der Waals surface area contributed by atoms with Crippen LogP contribution in [0.2, 0.25) is 0 Å². The van der Waals surface area contributed by atoms with Crippen LogP contribution < -0.4 is 4.72 Å². The molecule has 1 aromatic heterocycles. The molecule has 2 N–H and O–H groups in total. The zero-order chi connectivity index (χ0) is 23.9. The van der Waals surface area contributed by atoms with Gasteiger partial charge in [-0.15, -0.1) is 0 Å². The molecule has 1 saturated carbocycles. The van der Waals surface area contributed by atoms with Gasteiger partial charge in [-0.25, -0.2) is 21.9 Å². The van der Waals surface area contributed by atoms with Gasteiger partial charge in [-0.05, 0) is 86.9 Å². The number of carboxylic acids is 1. The summed E-state index contributed by atoms with van der Waals surface area (Å²) in [6, 6.07) is 8.04. The first-order chi connectivity index (χ1) is 15.6. The fourth-order valence-electron chi connectivity index (χ4n) is 4.94. The maximum Gasteiger partial charge on any atom is 0.323 e. The molecule has 0 aliphatic heterocycles. The molecule has 0 saturated heterocycles. The first-order valence-corrected chi connectivity index (χ1v) is 12.3. The maximum atomic E-state index is 14.2. The van der Waals surface area contributed by atoms with Gasteiger partial charge < -0.3 is 9.67 Å². The monoisotopic (exact) mass is 476 g/mol. The SMILES string of the molecule is Cc1ccc(S(=O)(=O)NC2CCC(c3c(C)n(CC(=O)O)c4ccc(F)cc34)CC2)c(F)c1. The second kappa shape index (κ2) is 8.87. The number of benzene rings is 2. The van der Waals surface area contributed by atoms with Crippen LogP contribution in [0, 0.1) is 25.5 Å². The van der Waals surface area contributed by atoms with Crippen molar-refractivity contribution in [1.82, 2.24) is 9.29 Å². The maximum absolute atomic E-state index is 14.2. The van der Waals surface area contributed by atoms with Gasteiger partial charge in [-0.2, -0.15) is 0 Å². The largest absolute Gasteiger partial charge is 0.480 e. The van der Waals surface area contributed by atoms with Gasteiger partial charge in [0.1, 0.15) is 23.1 Å². The number of aryl methyl sites for hydroxylation is 1. The van der Waals surface area contributed by atoms with Gasteiger partial charge >= 0.3 is 5.97 Å². The van der Waals surface area contributed by atoms with Gasteiger partial charge in [0.25, 0.3) is 0 Å². The molecular formula is C24H26F2N2O4S. The van der Waals surface area contributed by atoms with Crippen molar-refractivity contribution in [3.63, 3.8) is 0 Å². The molecule has 3 aromatic rings. The lowest BCUT2D eigenvalue weighted by atomic mass is 9.81. The summed E-state index contributed by atoms with van der Waals surface area (Å²) >= 11 is 0. The summed E-state index contributed by atoms with van der Waals surface area (Å²) in [5.74, 6) is -2.11. The number of halogens is 2. The number of hydrogen-bond donors (Lipinski definition) is 2. The Kier molecular flexibility index (Phi) is 6.28. The topological polar surface area (TPSA) is 88.4 Å². The molecule has 0 amide bonds. The molecule has 1 aliphatic carbocycles. The van der Waals surface area contributed by atoms with Crippen molar-refractivity contribution in [3.8, 4) is 0 Å².